The fourth-order valence-electron chi connectivity index (χ4n) is 5.44. The van der Waals surface area contributed by atoms with Crippen LogP contribution in [0.25, 0.3) is 11.1 Å². The molecule has 0 spiro atoms. The second kappa shape index (κ2) is 9.91. The molecule has 0 radical (unpaired) electrons. The maximum Gasteiger partial charge on any atom is 0.255 e. The average molecular weight is 474 g/mol. The summed E-state index contributed by atoms with van der Waals surface area (Å²) >= 11 is 0. The standard InChI is InChI=1S/C28H35N5O2/c1-4-25-27-16-26(30-33(27)17-20(3)29-25)24-15-28(35)32-18-22(6-8-23(32)7-5-19(24)2)21-9-11-31(12-10-21)13-14-34/h6-8,15-19,21,34H,4-5,9-14H2,1-3H3. The van der Waals surface area contributed by atoms with Crippen LogP contribution >= 0.6 is 0 Å². The van der Waals surface area contributed by atoms with Crippen LogP contribution < -0.4 is 0 Å². The van der Waals surface area contributed by atoms with Gasteiger partial charge in [-0.15, -0.1) is 0 Å². The van der Waals surface area contributed by atoms with E-state index in [-0.39, 0.29) is 18.4 Å². The number of aliphatic hydroxyl groups is 1. The Kier molecular flexibility index (Phi) is 6.71. The number of nitrogens with zero attached hydrogens (tertiary/aromatic N) is 5. The molecule has 1 saturated heterocycles. The highest BCUT2D eigenvalue weighted by atomic mass is 16.3. The Balaban J connectivity index is 1.43. The van der Waals surface area contributed by atoms with E-state index in [0.29, 0.717) is 5.92 Å². The van der Waals surface area contributed by atoms with Gasteiger partial charge in [0.15, 0.2) is 0 Å². The lowest BCUT2D eigenvalue weighted by Crippen LogP contribution is -2.36. The van der Waals surface area contributed by atoms with Gasteiger partial charge >= 0.3 is 0 Å². The molecular weight excluding hydrogens is 438 g/mol. The lowest BCUT2D eigenvalue weighted by molar-refractivity contribution is -0.122. The van der Waals surface area contributed by atoms with Gasteiger partial charge in [-0.25, -0.2) is 4.52 Å². The molecule has 5 heterocycles. The first-order chi connectivity index (χ1) is 17.0. The fraction of sp³-hybridized carbons (Fsp3) is 0.464. The number of carbonyl (C=O) groups is 1. The van der Waals surface area contributed by atoms with Crippen LogP contribution in [0.5, 0.6) is 0 Å². The highest BCUT2D eigenvalue weighted by molar-refractivity contribution is 5.98. The number of carbonyl (C=O) groups excluding carboxylic acids is 1. The van der Waals surface area contributed by atoms with Crippen molar-refractivity contribution in [2.45, 2.75) is 46.5 Å². The number of aryl methyl sites for hydroxylation is 2. The Hall–Kier alpha value is -3.03. The number of rotatable bonds is 5. The number of hydrogen-bond acceptors (Lipinski definition) is 5. The second-order valence-electron chi connectivity index (χ2n) is 9.92. The number of aliphatic hydroxyl groups excluding tert-OH is 1. The number of hydrogen-bond donors (Lipinski definition) is 1. The van der Waals surface area contributed by atoms with Crippen LogP contribution in [0, 0.1) is 18.8 Å². The average Bonchev–Trinajstić information content (AvgIpc) is 3.28. The first kappa shape index (κ1) is 23.7. The molecule has 1 amide bonds. The molecule has 0 aliphatic carbocycles. The van der Waals surface area contributed by atoms with E-state index in [9.17, 15) is 9.90 Å². The molecule has 3 aliphatic heterocycles. The van der Waals surface area contributed by atoms with Gasteiger partial charge in [0.25, 0.3) is 5.91 Å². The summed E-state index contributed by atoms with van der Waals surface area (Å²) in [5, 5.41) is 14.1. The predicted octanol–water partition coefficient (Wildman–Crippen LogP) is 3.89. The molecule has 1 N–H and O–H groups in total. The van der Waals surface area contributed by atoms with Crippen LogP contribution in [0.4, 0.5) is 0 Å². The first-order valence-electron chi connectivity index (χ1n) is 12.8. The molecule has 7 heteroatoms. The van der Waals surface area contributed by atoms with Crippen molar-refractivity contribution in [3.8, 4) is 0 Å². The summed E-state index contributed by atoms with van der Waals surface area (Å²) in [5.74, 6) is 0.580. The Bertz CT molecular complexity index is 1240. The van der Waals surface area contributed by atoms with Crippen molar-refractivity contribution in [2.75, 3.05) is 26.2 Å². The van der Waals surface area contributed by atoms with Gasteiger partial charge in [0.2, 0.25) is 0 Å². The van der Waals surface area contributed by atoms with E-state index in [2.05, 4.69) is 48.0 Å². The summed E-state index contributed by atoms with van der Waals surface area (Å²) in [6.07, 6.45) is 16.0. The lowest BCUT2D eigenvalue weighted by Gasteiger charge is -2.34. The fourth-order valence-corrected chi connectivity index (χ4v) is 5.44. The molecule has 1 fully saturated rings. The minimum atomic E-state index is -0.0283. The van der Waals surface area contributed by atoms with E-state index in [1.807, 2.05) is 23.8 Å². The summed E-state index contributed by atoms with van der Waals surface area (Å²) < 4.78 is 1.90. The Labute approximate surface area is 207 Å². The number of allylic oxidation sites excluding steroid dienone is 5. The molecule has 1 unspecified atom stereocenters. The summed E-state index contributed by atoms with van der Waals surface area (Å²) in [5.41, 5.74) is 6.93. The monoisotopic (exact) mass is 473 g/mol. The van der Waals surface area contributed by atoms with Crippen molar-refractivity contribution < 1.29 is 9.90 Å². The van der Waals surface area contributed by atoms with Gasteiger partial charge in [0.1, 0.15) is 0 Å². The second-order valence-corrected chi connectivity index (χ2v) is 9.92. The zero-order chi connectivity index (χ0) is 24.5. The summed E-state index contributed by atoms with van der Waals surface area (Å²) in [7, 11) is 0. The van der Waals surface area contributed by atoms with E-state index in [1.54, 1.807) is 11.0 Å². The van der Waals surface area contributed by atoms with Crippen molar-refractivity contribution in [3.63, 3.8) is 0 Å². The van der Waals surface area contributed by atoms with Gasteiger partial charge in [0.05, 0.1) is 35.4 Å². The molecule has 3 aliphatic rings. The predicted molar refractivity (Wildman–Crippen MR) is 137 cm³/mol. The quantitative estimate of drug-likeness (QED) is 0.713. The number of likely N-dealkylation sites (tertiary alicyclic amines) is 1. The van der Waals surface area contributed by atoms with Crippen molar-refractivity contribution >= 4 is 17.0 Å². The van der Waals surface area contributed by atoms with Gasteiger partial charge < -0.3 is 10.0 Å². The molecule has 0 aromatic carbocycles. The Morgan fingerprint density at radius 2 is 2.00 bits per heavy atom. The highest BCUT2D eigenvalue weighted by Gasteiger charge is 2.27. The van der Waals surface area contributed by atoms with E-state index in [4.69, 9.17) is 5.10 Å². The molecule has 1 atom stereocenters. The number of piperidine rings is 1. The molecular formula is C28H35N5O2. The van der Waals surface area contributed by atoms with E-state index >= 15 is 0 Å². The van der Waals surface area contributed by atoms with Crippen LogP contribution in [0.2, 0.25) is 0 Å². The van der Waals surface area contributed by atoms with Gasteiger partial charge in [-0.2, -0.15) is 5.10 Å². The maximum atomic E-state index is 13.5. The number of aromatic nitrogens is 3. The van der Waals surface area contributed by atoms with Crippen molar-refractivity contribution in [2.24, 2.45) is 11.8 Å². The van der Waals surface area contributed by atoms with E-state index < -0.39 is 0 Å². The first-order valence-corrected chi connectivity index (χ1v) is 12.8. The zero-order valence-electron chi connectivity index (χ0n) is 20.9. The normalized spacial score (nSPS) is 21.9. The minimum Gasteiger partial charge on any atom is -0.395 e. The van der Waals surface area contributed by atoms with Crippen LogP contribution in [-0.4, -0.2) is 61.7 Å². The van der Waals surface area contributed by atoms with E-state index in [1.165, 1.54) is 5.57 Å². The van der Waals surface area contributed by atoms with Gasteiger partial charge in [0, 0.05) is 24.5 Å². The van der Waals surface area contributed by atoms with Gasteiger partial charge in [-0.3, -0.25) is 14.7 Å². The Morgan fingerprint density at radius 1 is 1.20 bits per heavy atom. The third-order valence-electron chi connectivity index (χ3n) is 7.49. The molecule has 35 heavy (non-hydrogen) atoms. The van der Waals surface area contributed by atoms with Crippen molar-refractivity contribution in [3.05, 3.63) is 71.1 Å². The summed E-state index contributed by atoms with van der Waals surface area (Å²) in [6, 6.07) is 2.07. The Morgan fingerprint density at radius 3 is 2.74 bits per heavy atom. The third-order valence-corrected chi connectivity index (χ3v) is 7.49. The summed E-state index contributed by atoms with van der Waals surface area (Å²) in [6.45, 7) is 9.16. The number of amides is 1. The van der Waals surface area contributed by atoms with Crippen molar-refractivity contribution in [1.29, 1.82) is 0 Å². The summed E-state index contributed by atoms with van der Waals surface area (Å²) in [4.78, 5) is 22.3. The molecule has 184 valence electrons. The van der Waals surface area contributed by atoms with Crippen molar-refractivity contribution in [1.82, 2.24) is 24.4 Å². The van der Waals surface area contributed by atoms with Crippen LogP contribution in [0.3, 0.4) is 0 Å². The number of fused-ring (bicyclic) bond motifs is 2. The van der Waals surface area contributed by atoms with Gasteiger partial charge in [-0.1, -0.05) is 26.0 Å². The molecule has 0 saturated carbocycles. The van der Waals surface area contributed by atoms with E-state index in [0.717, 1.165) is 79.2 Å². The van der Waals surface area contributed by atoms with Crippen LogP contribution in [0.1, 0.15) is 50.2 Å². The third kappa shape index (κ3) is 4.75. The smallest absolute Gasteiger partial charge is 0.255 e. The molecule has 2 aromatic rings. The SMILES string of the molecule is CCc1nc(C)cn2nc(C3=CC(=O)N4C=C(C5CCN(CCO)CC5)C=CC4=CCC3C)cc12. The largest absolute Gasteiger partial charge is 0.395 e. The minimum absolute atomic E-state index is 0.0283. The topological polar surface area (TPSA) is 74.0 Å². The molecule has 0 bridgehead atoms. The highest BCUT2D eigenvalue weighted by Crippen LogP contribution is 2.34. The molecule has 5 rings (SSSR count). The maximum absolute atomic E-state index is 13.5. The number of β-amino-alcohol motifs (C(OH)–C–C–N with tert-alkyl or cyclic N) is 1. The molecule has 2 aromatic heterocycles. The zero-order valence-corrected chi connectivity index (χ0v) is 20.9. The molecule has 7 nitrogen and oxygen atoms in total. The lowest BCUT2D eigenvalue weighted by atomic mass is 9.87. The van der Waals surface area contributed by atoms with Crippen LogP contribution in [-0.2, 0) is 11.2 Å². The van der Waals surface area contributed by atoms with Crippen LogP contribution in [0.15, 0.2) is 54.0 Å². The van der Waals surface area contributed by atoms with Gasteiger partial charge in [-0.05, 0) is 80.8 Å².